The van der Waals surface area contributed by atoms with Gasteiger partial charge in [-0.2, -0.15) is 0 Å². The predicted molar refractivity (Wildman–Crippen MR) is 91.3 cm³/mol. The van der Waals surface area contributed by atoms with Crippen LogP contribution >= 0.6 is 35.4 Å². The van der Waals surface area contributed by atoms with Crippen LogP contribution in [0, 0.1) is 6.92 Å². The number of carbonyl (C=O) groups is 1. The minimum atomic E-state index is -0.280. The molecule has 0 fully saturated rings. The lowest BCUT2D eigenvalue weighted by molar-refractivity contribution is 0.0978. The van der Waals surface area contributed by atoms with E-state index in [2.05, 4.69) is 10.6 Å². The molecular weight excluding hydrogens is 327 g/mol. The lowest BCUT2D eigenvalue weighted by Gasteiger charge is -2.11. The molecule has 0 aliphatic carbocycles. The molecule has 0 aliphatic rings. The first-order valence-corrected chi connectivity index (χ1v) is 7.26. The molecule has 0 spiro atoms. The molecule has 0 saturated heterocycles. The Morgan fingerprint density at radius 1 is 1.10 bits per heavy atom. The number of nitrogens with one attached hydrogen (secondary N) is 2. The van der Waals surface area contributed by atoms with Crippen molar-refractivity contribution in [2.75, 3.05) is 5.32 Å². The number of hydrogen-bond acceptors (Lipinski definition) is 2. The van der Waals surface area contributed by atoms with Crippen LogP contribution in [0.1, 0.15) is 15.9 Å². The fraction of sp³-hybridized carbons (Fsp3) is 0.0667. The Morgan fingerprint density at radius 3 is 2.38 bits per heavy atom. The first-order valence-electron chi connectivity index (χ1n) is 6.10. The molecule has 0 bridgehead atoms. The Balaban J connectivity index is 2.01. The van der Waals surface area contributed by atoms with Crippen LogP contribution in [-0.2, 0) is 0 Å². The van der Waals surface area contributed by atoms with Crippen molar-refractivity contribution in [1.82, 2.24) is 5.32 Å². The maximum atomic E-state index is 12.0. The van der Waals surface area contributed by atoms with Gasteiger partial charge in [0.1, 0.15) is 0 Å². The number of rotatable bonds is 2. The van der Waals surface area contributed by atoms with E-state index in [0.29, 0.717) is 21.3 Å². The number of amides is 1. The van der Waals surface area contributed by atoms with Gasteiger partial charge >= 0.3 is 0 Å². The molecule has 0 heterocycles. The molecule has 0 aromatic heterocycles. The quantitative estimate of drug-likeness (QED) is 0.796. The van der Waals surface area contributed by atoms with Crippen LogP contribution in [-0.4, -0.2) is 11.0 Å². The minimum Gasteiger partial charge on any atom is -0.331 e. The number of benzene rings is 2. The molecule has 1 amide bonds. The van der Waals surface area contributed by atoms with Crippen molar-refractivity contribution in [1.29, 1.82) is 0 Å². The van der Waals surface area contributed by atoms with Gasteiger partial charge in [0.15, 0.2) is 5.11 Å². The molecule has 0 saturated carbocycles. The zero-order valence-corrected chi connectivity index (χ0v) is 13.4. The molecule has 0 atom stereocenters. The Bertz CT molecular complexity index is 687. The van der Waals surface area contributed by atoms with Crippen molar-refractivity contribution in [3.8, 4) is 0 Å². The van der Waals surface area contributed by atoms with Gasteiger partial charge in [-0.1, -0.05) is 40.9 Å². The number of thiocarbonyl (C=S) groups is 1. The SMILES string of the molecule is Cc1ccc(C(=O)NC(=S)Nc2ccc(Cl)cc2Cl)cc1. The van der Waals surface area contributed by atoms with Crippen LogP contribution in [0.4, 0.5) is 5.69 Å². The van der Waals surface area contributed by atoms with Crippen molar-refractivity contribution in [2.45, 2.75) is 6.92 Å². The fourth-order valence-corrected chi connectivity index (χ4v) is 2.28. The Morgan fingerprint density at radius 2 is 1.76 bits per heavy atom. The highest BCUT2D eigenvalue weighted by molar-refractivity contribution is 7.80. The molecule has 0 radical (unpaired) electrons. The molecule has 2 rings (SSSR count). The summed E-state index contributed by atoms with van der Waals surface area (Å²) in [5, 5.41) is 6.58. The molecule has 2 N–H and O–H groups in total. The largest absolute Gasteiger partial charge is 0.331 e. The van der Waals surface area contributed by atoms with Gasteiger partial charge in [-0.15, -0.1) is 0 Å². The second-order valence-electron chi connectivity index (χ2n) is 4.40. The smallest absolute Gasteiger partial charge is 0.257 e. The van der Waals surface area contributed by atoms with Crippen LogP contribution in [0.2, 0.25) is 10.0 Å². The van der Waals surface area contributed by atoms with Crippen LogP contribution in [0.15, 0.2) is 42.5 Å². The first kappa shape index (κ1) is 15.8. The number of hydrogen-bond donors (Lipinski definition) is 2. The first-order chi connectivity index (χ1) is 9.95. The average Bonchev–Trinajstić information content (AvgIpc) is 2.42. The number of halogens is 2. The second-order valence-corrected chi connectivity index (χ2v) is 5.65. The molecule has 2 aromatic rings. The van der Waals surface area contributed by atoms with E-state index < -0.39 is 0 Å². The second kappa shape index (κ2) is 6.89. The highest BCUT2D eigenvalue weighted by atomic mass is 35.5. The highest BCUT2D eigenvalue weighted by Crippen LogP contribution is 2.25. The van der Waals surface area contributed by atoms with E-state index in [1.165, 1.54) is 0 Å². The van der Waals surface area contributed by atoms with Crippen LogP contribution in [0.25, 0.3) is 0 Å². The van der Waals surface area contributed by atoms with Gasteiger partial charge in [-0.25, -0.2) is 0 Å². The van der Waals surface area contributed by atoms with Gasteiger partial charge in [0.2, 0.25) is 0 Å². The molecule has 3 nitrogen and oxygen atoms in total. The third-order valence-electron chi connectivity index (χ3n) is 2.72. The molecule has 0 unspecified atom stereocenters. The van der Waals surface area contributed by atoms with Gasteiger partial charge in [-0.05, 0) is 49.5 Å². The van der Waals surface area contributed by atoms with Gasteiger partial charge in [-0.3, -0.25) is 10.1 Å². The predicted octanol–water partition coefficient (Wildman–Crippen LogP) is 4.43. The summed E-state index contributed by atoms with van der Waals surface area (Å²) in [6.07, 6.45) is 0. The van der Waals surface area contributed by atoms with E-state index >= 15 is 0 Å². The number of aryl methyl sites for hydroxylation is 1. The Kier molecular flexibility index (Phi) is 5.17. The molecule has 108 valence electrons. The van der Waals surface area contributed by atoms with Crippen molar-refractivity contribution in [3.05, 3.63) is 63.6 Å². The molecule has 0 aliphatic heterocycles. The maximum Gasteiger partial charge on any atom is 0.257 e. The summed E-state index contributed by atoms with van der Waals surface area (Å²) >= 11 is 16.9. The van der Waals surface area contributed by atoms with Crippen LogP contribution in [0.3, 0.4) is 0 Å². The van der Waals surface area contributed by atoms with Crippen molar-refractivity contribution >= 4 is 52.1 Å². The third-order valence-corrected chi connectivity index (χ3v) is 3.47. The standard InChI is InChI=1S/C15H12Cl2N2OS/c1-9-2-4-10(5-3-9)14(20)19-15(21)18-13-7-6-11(16)8-12(13)17/h2-8H,1H3,(H2,18,19,20,21). The maximum absolute atomic E-state index is 12.0. The molecular formula is C15H12Cl2N2OS. The monoisotopic (exact) mass is 338 g/mol. The van der Waals surface area contributed by atoms with E-state index in [0.717, 1.165) is 5.56 Å². The topological polar surface area (TPSA) is 41.1 Å². The van der Waals surface area contributed by atoms with E-state index in [4.69, 9.17) is 35.4 Å². The zero-order chi connectivity index (χ0) is 15.4. The summed E-state index contributed by atoms with van der Waals surface area (Å²) in [6, 6.07) is 12.2. The Hall–Kier alpha value is -1.62. The van der Waals surface area contributed by atoms with Crippen LogP contribution < -0.4 is 10.6 Å². The van der Waals surface area contributed by atoms with Crippen molar-refractivity contribution in [3.63, 3.8) is 0 Å². The number of carbonyl (C=O) groups excluding carboxylic acids is 1. The van der Waals surface area contributed by atoms with E-state index in [1.807, 2.05) is 19.1 Å². The van der Waals surface area contributed by atoms with Gasteiger partial charge in [0.25, 0.3) is 5.91 Å². The zero-order valence-electron chi connectivity index (χ0n) is 11.1. The normalized spacial score (nSPS) is 10.0. The highest BCUT2D eigenvalue weighted by Gasteiger charge is 2.09. The van der Waals surface area contributed by atoms with Gasteiger partial charge in [0, 0.05) is 10.6 Å². The van der Waals surface area contributed by atoms with E-state index in [1.54, 1.807) is 30.3 Å². The fourth-order valence-electron chi connectivity index (χ4n) is 1.62. The third kappa shape index (κ3) is 4.43. The summed E-state index contributed by atoms with van der Waals surface area (Å²) in [6.45, 7) is 1.95. The molecule has 21 heavy (non-hydrogen) atoms. The van der Waals surface area contributed by atoms with Crippen LogP contribution in [0.5, 0.6) is 0 Å². The van der Waals surface area contributed by atoms with Crippen molar-refractivity contribution < 1.29 is 4.79 Å². The van der Waals surface area contributed by atoms with E-state index in [-0.39, 0.29) is 11.0 Å². The summed E-state index contributed by atoms with van der Waals surface area (Å²) in [5.41, 5.74) is 2.20. The van der Waals surface area contributed by atoms with Crippen molar-refractivity contribution in [2.24, 2.45) is 0 Å². The lowest BCUT2D eigenvalue weighted by atomic mass is 10.1. The van der Waals surface area contributed by atoms with Gasteiger partial charge in [0.05, 0.1) is 10.7 Å². The summed E-state index contributed by atoms with van der Waals surface area (Å²) < 4.78 is 0. The molecule has 6 heteroatoms. The molecule has 2 aromatic carbocycles. The van der Waals surface area contributed by atoms with E-state index in [9.17, 15) is 4.79 Å². The Labute approximate surface area is 138 Å². The lowest BCUT2D eigenvalue weighted by Crippen LogP contribution is -2.34. The number of anilines is 1. The summed E-state index contributed by atoms with van der Waals surface area (Å²) in [5.74, 6) is -0.280. The summed E-state index contributed by atoms with van der Waals surface area (Å²) in [4.78, 5) is 12.0. The average molecular weight is 339 g/mol. The van der Waals surface area contributed by atoms with Gasteiger partial charge < -0.3 is 5.32 Å². The minimum absolute atomic E-state index is 0.171. The summed E-state index contributed by atoms with van der Waals surface area (Å²) in [7, 11) is 0.